The number of hydrogen-bond donors (Lipinski definition) is 1. The van der Waals surface area contributed by atoms with E-state index in [9.17, 15) is 13.2 Å². The first-order valence-corrected chi connectivity index (χ1v) is 7.73. The molecule has 0 saturated carbocycles. The standard InChI is InChI=1S/C15H18F3N3S/c1-3-21(2)10-12-6-4-5-11(7-12)8-19-14-20-9-13(22-14)15(16,17)18/h4-7,9H,3,8,10H2,1-2H3,(H,19,20). The van der Waals surface area contributed by atoms with Gasteiger partial charge in [-0.05, 0) is 24.7 Å². The Morgan fingerprint density at radius 3 is 2.64 bits per heavy atom. The topological polar surface area (TPSA) is 28.2 Å². The van der Waals surface area contributed by atoms with Crippen molar-refractivity contribution in [3.05, 3.63) is 46.5 Å². The Morgan fingerprint density at radius 1 is 1.27 bits per heavy atom. The van der Waals surface area contributed by atoms with Crippen molar-refractivity contribution in [2.45, 2.75) is 26.2 Å². The van der Waals surface area contributed by atoms with Gasteiger partial charge in [0.2, 0.25) is 0 Å². The quantitative estimate of drug-likeness (QED) is 0.860. The molecule has 0 aliphatic heterocycles. The van der Waals surface area contributed by atoms with Gasteiger partial charge >= 0.3 is 6.18 Å². The Kier molecular flexibility index (Phi) is 5.42. The molecule has 1 N–H and O–H groups in total. The Morgan fingerprint density at radius 2 is 2.00 bits per heavy atom. The molecule has 0 amide bonds. The van der Waals surface area contributed by atoms with E-state index in [1.807, 2.05) is 25.2 Å². The summed E-state index contributed by atoms with van der Waals surface area (Å²) in [4.78, 5) is 5.26. The predicted octanol–water partition coefficient (Wildman–Crippen LogP) is 4.23. The first kappa shape index (κ1) is 16.8. The molecule has 0 fully saturated rings. The van der Waals surface area contributed by atoms with Gasteiger partial charge in [-0.25, -0.2) is 4.98 Å². The number of rotatable bonds is 6. The summed E-state index contributed by atoms with van der Waals surface area (Å²) in [5, 5.41) is 3.22. The molecule has 2 aromatic rings. The lowest BCUT2D eigenvalue weighted by Crippen LogP contribution is -2.16. The predicted molar refractivity (Wildman–Crippen MR) is 82.9 cm³/mol. The van der Waals surface area contributed by atoms with Gasteiger partial charge in [-0.1, -0.05) is 42.5 Å². The fourth-order valence-corrected chi connectivity index (χ4v) is 2.61. The van der Waals surface area contributed by atoms with Gasteiger partial charge in [-0.3, -0.25) is 0 Å². The van der Waals surface area contributed by atoms with Crippen LogP contribution in [0.15, 0.2) is 30.5 Å². The summed E-state index contributed by atoms with van der Waals surface area (Å²) < 4.78 is 37.5. The van der Waals surface area contributed by atoms with Gasteiger partial charge in [0.15, 0.2) is 5.13 Å². The van der Waals surface area contributed by atoms with E-state index in [0.717, 1.165) is 24.8 Å². The minimum atomic E-state index is -4.33. The van der Waals surface area contributed by atoms with Crippen molar-refractivity contribution >= 4 is 16.5 Å². The van der Waals surface area contributed by atoms with Crippen molar-refractivity contribution in [2.24, 2.45) is 0 Å². The highest BCUT2D eigenvalue weighted by Crippen LogP contribution is 2.35. The average molecular weight is 329 g/mol. The van der Waals surface area contributed by atoms with Crippen LogP contribution in [-0.2, 0) is 19.3 Å². The number of halogens is 3. The third-order valence-corrected chi connectivity index (χ3v) is 4.21. The summed E-state index contributed by atoms with van der Waals surface area (Å²) in [6.45, 7) is 4.35. The monoisotopic (exact) mass is 329 g/mol. The largest absolute Gasteiger partial charge is 0.427 e. The minimum Gasteiger partial charge on any atom is -0.357 e. The molecule has 0 aliphatic rings. The number of hydrogen-bond acceptors (Lipinski definition) is 4. The molecule has 0 radical (unpaired) electrons. The van der Waals surface area contributed by atoms with Gasteiger partial charge in [-0.2, -0.15) is 13.2 Å². The number of thiazole rings is 1. The van der Waals surface area contributed by atoms with Gasteiger partial charge in [0.05, 0.1) is 6.20 Å². The fraction of sp³-hybridized carbons (Fsp3) is 0.400. The van der Waals surface area contributed by atoms with E-state index in [4.69, 9.17) is 0 Å². The molecule has 0 bridgehead atoms. The van der Waals surface area contributed by atoms with Crippen LogP contribution in [0.5, 0.6) is 0 Å². The number of benzene rings is 1. The number of nitrogens with one attached hydrogen (secondary N) is 1. The van der Waals surface area contributed by atoms with Crippen LogP contribution in [0.2, 0.25) is 0 Å². The Bertz CT molecular complexity index is 610. The molecule has 1 aromatic carbocycles. The molecular weight excluding hydrogens is 311 g/mol. The zero-order valence-corrected chi connectivity index (χ0v) is 13.3. The first-order valence-electron chi connectivity index (χ1n) is 6.91. The summed E-state index contributed by atoms with van der Waals surface area (Å²) in [7, 11) is 2.04. The van der Waals surface area contributed by atoms with Crippen molar-refractivity contribution in [1.82, 2.24) is 9.88 Å². The molecule has 7 heteroatoms. The average Bonchev–Trinajstić information content (AvgIpc) is 2.94. The third-order valence-electron chi connectivity index (χ3n) is 3.21. The lowest BCUT2D eigenvalue weighted by Gasteiger charge is -2.14. The highest BCUT2D eigenvalue weighted by atomic mass is 32.1. The van der Waals surface area contributed by atoms with Crippen LogP contribution in [0, 0.1) is 0 Å². The van der Waals surface area contributed by atoms with Crippen molar-refractivity contribution in [1.29, 1.82) is 0 Å². The summed E-state index contributed by atoms with van der Waals surface area (Å²) in [6.07, 6.45) is -3.47. The summed E-state index contributed by atoms with van der Waals surface area (Å²) in [6, 6.07) is 8.00. The van der Waals surface area contributed by atoms with Gasteiger partial charge in [0.1, 0.15) is 4.88 Å². The van der Waals surface area contributed by atoms with Crippen molar-refractivity contribution in [3.8, 4) is 0 Å². The molecule has 1 heterocycles. The third kappa shape index (κ3) is 4.71. The summed E-state index contributed by atoms with van der Waals surface area (Å²) >= 11 is 0.622. The minimum absolute atomic E-state index is 0.281. The molecule has 1 aromatic heterocycles. The maximum absolute atomic E-state index is 12.5. The molecule has 0 atom stereocenters. The molecule has 0 spiro atoms. The van der Waals surface area contributed by atoms with E-state index < -0.39 is 11.1 Å². The van der Waals surface area contributed by atoms with E-state index in [2.05, 4.69) is 28.2 Å². The maximum Gasteiger partial charge on any atom is 0.427 e. The van der Waals surface area contributed by atoms with Crippen LogP contribution in [0.1, 0.15) is 22.9 Å². The lowest BCUT2D eigenvalue weighted by atomic mass is 10.1. The molecule has 0 unspecified atom stereocenters. The number of nitrogens with zero attached hydrogens (tertiary/aromatic N) is 2. The lowest BCUT2D eigenvalue weighted by molar-refractivity contribution is -0.134. The van der Waals surface area contributed by atoms with Crippen LogP contribution in [0.25, 0.3) is 0 Å². The van der Waals surface area contributed by atoms with Crippen molar-refractivity contribution < 1.29 is 13.2 Å². The molecule has 0 aliphatic carbocycles. The number of aromatic nitrogens is 1. The molecule has 22 heavy (non-hydrogen) atoms. The first-order chi connectivity index (χ1) is 10.4. The Balaban J connectivity index is 1.97. The zero-order chi connectivity index (χ0) is 16.2. The molecule has 2 rings (SSSR count). The summed E-state index contributed by atoms with van der Waals surface area (Å²) in [5.41, 5.74) is 2.20. The normalized spacial score (nSPS) is 11.9. The Labute approximate surface area is 131 Å². The molecule has 0 saturated heterocycles. The van der Waals surface area contributed by atoms with E-state index in [1.54, 1.807) is 0 Å². The van der Waals surface area contributed by atoms with Crippen LogP contribution in [0.3, 0.4) is 0 Å². The maximum atomic E-state index is 12.5. The SMILES string of the molecule is CCN(C)Cc1cccc(CNc2ncc(C(F)(F)F)s2)c1. The van der Waals surface area contributed by atoms with Gasteiger partial charge in [0, 0.05) is 13.1 Å². The van der Waals surface area contributed by atoms with Crippen LogP contribution < -0.4 is 5.32 Å². The Hall–Kier alpha value is -1.60. The van der Waals surface area contributed by atoms with Crippen LogP contribution in [0.4, 0.5) is 18.3 Å². The van der Waals surface area contributed by atoms with Gasteiger partial charge in [-0.15, -0.1) is 0 Å². The van der Waals surface area contributed by atoms with E-state index in [-0.39, 0.29) is 5.13 Å². The summed E-state index contributed by atoms with van der Waals surface area (Å²) in [5.74, 6) is 0. The zero-order valence-electron chi connectivity index (χ0n) is 12.4. The van der Waals surface area contributed by atoms with Crippen LogP contribution >= 0.6 is 11.3 Å². The van der Waals surface area contributed by atoms with Crippen molar-refractivity contribution in [3.63, 3.8) is 0 Å². The second kappa shape index (κ2) is 7.11. The van der Waals surface area contributed by atoms with Crippen molar-refractivity contribution in [2.75, 3.05) is 18.9 Å². The number of anilines is 1. The van der Waals surface area contributed by atoms with E-state index >= 15 is 0 Å². The molecule has 120 valence electrons. The second-order valence-electron chi connectivity index (χ2n) is 5.03. The second-order valence-corrected chi connectivity index (χ2v) is 6.06. The number of alkyl halides is 3. The smallest absolute Gasteiger partial charge is 0.357 e. The molecular formula is C15H18F3N3S. The van der Waals surface area contributed by atoms with Gasteiger partial charge < -0.3 is 10.2 Å². The highest BCUT2D eigenvalue weighted by Gasteiger charge is 2.33. The van der Waals surface area contributed by atoms with E-state index in [0.29, 0.717) is 17.9 Å². The van der Waals surface area contributed by atoms with Crippen LogP contribution in [-0.4, -0.2) is 23.5 Å². The molecule has 3 nitrogen and oxygen atoms in total. The van der Waals surface area contributed by atoms with E-state index in [1.165, 1.54) is 5.56 Å². The van der Waals surface area contributed by atoms with Gasteiger partial charge in [0.25, 0.3) is 0 Å². The fourth-order valence-electron chi connectivity index (χ4n) is 1.93. The highest BCUT2D eigenvalue weighted by molar-refractivity contribution is 7.15.